The van der Waals surface area contributed by atoms with Crippen LogP contribution < -0.4 is 0 Å². The fourth-order valence-electron chi connectivity index (χ4n) is 1.10. The molecule has 0 aliphatic rings. The molecule has 0 amide bonds. The first kappa shape index (κ1) is 30.7. The predicted octanol–water partition coefficient (Wildman–Crippen LogP) is 3.66. The third-order valence-electron chi connectivity index (χ3n) is 1.93. The second-order valence-corrected chi connectivity index (χ2v) is 4.05. The summed E-state index contributed by atoms with van der Waals surface area (Å²) >= 11 is 0. The molecule has 5 nitrogen and oxygen atoms in total. The highest BCUT2D eigenvalue weighted by molar-refractivity contribution is 4.39. The highest BCUT2D eigenvalue weighted by Gasteiger charge is 1.92. The Balaban J connectivity index is -0.000000222. The van der Waals surface area contributed by atoms with E-state index >= 15 is 0 Å². The van der Waals surface area contributed by atoms with Gasteiger partial charge in [-0.3, -0.25) is 0 Å². The summed E-state index contributed by atoms with van der Waals surface area (Å²) in [5.41, 5.74) is 0. The molecule has 0 radical (unpaired) electrons. The Bertz CT molecular complexity index is 121. The van der Waals surface area contributed by atoms with Gasteiger partial charge < -0.3 is 24.4 Å². The van der Waals surface area contributed by atoms with Gasteiger partial charge in [0.15, 0.2) is 0 Å². The molecule has 0 saturated heterocycles. The summed E-state index contributed by atoms with van der Waals surface area (Å²) in [6.45, 7) is 15.9. The average molecular weight is 341 g/mol. The maximum atomic E-state index is 8.54. The van der Waals surface area contributed by atoms with Crippen molar-refractivity contribution >= 4 is 0 Å². The molecule has 2 N–H and O–H groups in total. The third-order valence-corrected chi connectivity index (χ3v) is 1.93. The van der Waals surface area contributed by atoms with Crippen molar-refractivity contribution in [2.45, 2.75) is 67.2 Å². The maximum absolute atomic E-state index is 8.54. The molecule has 0 atom stereocenters. The molecule has 146 valence electrons. The number of hydrogen-bond acceptors (Lipinski definition) is 5. The Morgan fingerprint density at radius 2 is 0.913 bits per heavy atom. The Morgan fingerprint density at radius 3 is 1.30 bits per heavy atom. The highest BCUT2D eigenvalue weighted by atomic mass is 16.5. The molecule has 0 spiro atoms. The molecule has 0 heterocycles. The first-order valence-electron chi connectivity index (χ1n) is 9.28. The third kappa shape index (κ3) is 52.2. The Labute approximate surface area is 145 Å². The van der Waals surface area contributed by atoms with Crippen molar-refractivity contribution in [2.75, 3.05) is 52.9 Å². The monoisotopic (exact) mass is 340 g/mol. The molecule has 0 aliphatic carbocycles. The van der Waals surface area contributed by atoms with Crippen LogP contribution in [0.3, 0.4) is 0 Å². The average Bonchev–Trinajstić information content (AvgIpc) is 2.60. The quantitative estimate of drug-likeness (QED) is 0.501. The van der Waals surface area contributed by atoms with Crippen LogP contribution in [-0.2, 0) is 14.2 Å². The van der Waals surface area contributed by atoms with E-state index in [9.17, 15) is 0 Å². The molecule has 0 fully saturated rings. The molecule has 0 aliphatic heterocycles. The standard InChI is InChI=1S/C11H24O5.C3H8.2C2H6/c12-4-2-1-3-6-14-8-10-16-11-9-15-7-5-13;1-3-2;2*1-2/h12-13H,1-11H2;3H2,1-2H3;2*1-2H3. The topological polar surface area (TPSA) is 68.2 Å². The van der Waals surface area contributed by atoms with Crippen LogP contribution in [0, 0.1) is 0 Å². The van der Waals surface area contributed by atoms with Crippen LogP contribution in [0.2, 0.25) is 0 Å². The SMILES string of the molecule is CC.CC.CCC.OCCCCCOCCOCCOCCO. The molecule has 0 aromatic carbocycles. The highest BCUT2D eigenvalue weighted by Crippen LogP contribution is 1.94. The fraction of sp³-hybridized carbons (Fsp3) is 1.00. The number of ether oxygens (including phenoxy) is 3. The van der Waals surface area contributed by atoms with Gasteiger partial charge in [0.25, 0.3) is 0 Å². The molecule has 0 saturated carbocycles. The zero-order valence-electron chi connectivity index (χ0n) is 16.6. The van der Waals surface area contributed by atoms with Crippen molar-refractivity contribution in [2.24, 2.45) is 0 Å². The van der Waals surface area contributed by atoms with E-state index in [1.165, 1.54) is 6.42 Å². The number of aliphatic hydroxyl groups is 2. The van der Waals surface area contributed by atoms with Gasteiger partial charge in [0.2, 0.25) is 0 Å². The molecule has 0 aromatic heterocycles. The van der Waals surface area contributed by atoms with Crippen molar-refractivity contribution in [3.05, 3.63) is 0 Å². The van der Waals surface area contributed by atoms with Gasteiger partial charge in [-0.15, -0.1) is 0 Å². The molecule has 5 heteroatoms. The van der Waals surface area contributed by atoms with Gasteiger partial charge in [-0.2, -0.15) is 0 Å². The van der Waals surface area contributed by atoms with Gasteiger partial charge >= 0.3 is 0 Å². The van der Waals surface area contributed by atoms with Gasteiger partial charge in [-0.1, -0.05) is 48.0 Å². The molecular formula is C18H44O5. The summed E-state index contributed by atoms with van der Waals surface area (Å²) in [5, 5.41) is 17.0. The molecule has 0 bridgehead atoms. The summed E-state index contributed by atoms with van der Waals surface area (Å²) in [7, 11) is 0. The minimum Gasteiger partial charge on any atom is -0.396 e. The zero-order valence-corrected chi connectivity index (χ0v) is 16.6. The van der Waals surface area contributed by atoms with Gasteiger partial charge in [0.05, 0.1) is 39.6 Å². The van der Waals surface area contributed by atoms with Crippen molar-refractivity contribution in [1.82, 2.24) is 0 Å². The van der Waals surface area contributed by atoms with Crippen LogP contribution in [0.1, 0.15) is 67.2 Å². The van der Waals surface area contributed by atoms with E-state index < -0.39 is 0 Å². The Hall–Kier alpha value is -0.200. The van der Waals surface area contributed by atoms with Gasteiger partial charge in [0.1, 0.15) is 0 Å². The number of aliphatic hydroxyl groups excluding tert-OH is 2. The molecule has 0 unspecified atom stereocenters. The van der Waals surface area contributed by atoms with Crippen LogP contribution in [0.4, 0.5) is 0 Å². The zero-order chi connectivity index (χ0) is 18.6. The summed E-state index contributed by atoms with van der Waals surface area (Å²) in [6.07, 6.45) is 4.09. The largest absolute Gasteiger partial charge is 0.396 e. The lowest BCUT2D eigenvalue weighted by Crippen LogP contribution is -2.11. The maximum Gasteiger partial charge on any atom is 0.0701 e. The Kier molecular flexibility index (Phi) is 57.4. The fourth-order valence-corrected chi connectivity index (χ4v) is 1.10. The van der Waals surface area contributed by atoms with E-state index in [1.807, 2.05) is 27.7 Å². The molecule has 23 heavy (non-hydrogen) atoms. The second kappa shape index (κ2) is 43.1. The van der Waals surface area contributed by atoms with Gasteiger partial charge in [-0.05, 0) is 19.3 Å². The van der Waals surface area contributed by atoms with E-state index in [-0.39, 0.29) is 13.2 Å². The number of rotatable bonds is 13. The van der Waals surface area contributed by atoms with E-state index in [4.69, 9.17) is 24.4 Å². The van der Waals surface area contributed by atoms with Crippen molar-refractivity contribution in [3.63, 3.8) is 0 Å². The summed E-state index contributed by atoms with van der Waals surface area (Å²) in [4.78, 5) is 0. The van der Waals surface area contributed by atoms with E-state index in [1.54, 1.807) is 0 Å². The minimum absolute atomic E-state index is 0.0525. The number of hydrogen-bond donors (Lipinski definition) is 2. The minimum atomic E-state index is 0.0525. The Morgan fingerprint density at radius 1 is 0.522 bits per heavy atom. The van der Waals surface area contributed by atoms with Crippen LogP contribution in [0.5, 0.6) is 0 Å². The van der Waals surface area contributed by atoms with Gasteiger partial charge in [0, 0.05) is 13.2 Å². The summed E-state index contributed by atoms with van der Waals surface area (Å²) in [5.74, 6) is 0. The van der Waals surface area contributed by atoms with Crippen LogP contribution in [0.15, 0.2) is 0 Å². The van der Waals surface area contributed by atoms with Crippen LogP contribution in [0.25, 0.3) is 0 Å². The second-order valence-electron chi connectivity index (χ2n) is 4.05. The first-order chi connectivity index (χ1) is 11.3. The van der Waals surface area contributed by atoms with Crippen molar-refractivity contribution < 1.29 is 24.4 Å². The van der Waals surface area contributed by atoms with E-state index in [0.29, 0.717) is 33.0 Å². The van der Waals surface area contributed by atoms with Crippen molar-refractivity contribution in [3.8, 4) is 0 Å². The van der Waals surface area contributed by atoms with E-state index in [2.05, 4.69) is 13.8 Å². The lowest BCUT2D eigenvalue weighted by atomic mass is 10.2. The van der Waals surface area contributed by atoms with E-state index in [0.717, 1.165) is 25.9 Å². The lowest BCUT2D eigenvalue weighted by molar-refractivity contribution is 0.00712. The van der Waals surface area contributed by atoms with Crippen LogP contribution >= 0.6 is 0 Å². The van der Waals surface area contributed by atoms with Crippen molar-refractivity contribution in [1.29, 1.82) is 0 Å². The predicted molar refractivity (Wildman–Crippen MR) is 99.1 cm³/mol. The first-order valence-corrected chi connectivity index (χ1v) is 9.28. The molecule has 0 aromatic rings. The van der Waals surface area contributed by atoms with Crippen LogP contribution in [-0.4, -0.2) is 63.1 Å². The molecular weight excluding hydrogens is 296 g/mol. The number of unbranched alkanes of at least 4 members (excludes halogenated alkanes) is 2. The smallest absolute Gasteiger partial charge is 0.0701 e. The summed E-state index contributed by atoms with van der Waals surface area (Å²) < 4.78 is 15.6. The van der Waals surface area contributed by atoms with Gasteiger partial charge in [-0.25, -0.2) is 0 Å². The normalized spacial score (nSPS) is 8.87. The lowest BCUT2D eigenvalue weighted by Gasteiger charge is -2.06. The molecule has 0 rings (SSSR count). The summed E-state index contributed by atoms with van der Waals surface area (Å²) in [6, 6.07) is 0.